The van der Waals surface area contributed by atoms with Crippen LogP contribution in [0.2, 0.25) is 0 Å². The molecule has 1 N–H and O–H groups in total. The van der Waals surface area contributed by atoms with E-state index in [-0.39, 0.29) is 0 Å². The highest BCUT2D eigenvalue weighted by Crippen LogP contribution is 2.41. The minimum atomic E-state index is 0.719. The summed E-state index contributed by atoms with van der Waals surface area (Å²) in [4.78, 5) is 16.7. The molecular formula is C50H38N4. The van der Waals surface area contributed by atoms with E-state index >= 15 is 0 Å². The Bertz CT molecular complexity index is 2750. The molecule has 54 heavy (non-hydrogen) atoms. The van der Waals surface area contributed by atoms with Crippen molar-refractivity contribution in [3.63, 3.8) is 0 Å². The number of H-pyrrole nitrogens is 1. The SMILES string of the molecule is C1=CC(c2cc(-c3ccccc3)nc(-c3cc(-c4ccc(N(c5ccccc5)c5ccc6c(c5)CCC=C6)cc4)cc4[nH]c5ccccc5c34)n2)=CCC1. The summed E-state index contributed by atoms with van der Waals surface area (Å²) in [5.74, 6) is 0.719. The first kappa shape index (κ1) is 31.9. The van der Waals surface area contributed by atoms with Crippen molar-refractivity contribution >= 4 is 50.5 Å². The summed E-state index contributed by atoms with van der Waals surface area (Å²) in [5, 5.41) is 2.29. The summed E-state index contributed by atoms with van der Waals surface area (Å²) in [5.41, 5.74) is 15.6. The van der Waals surface area contributed by atoms with E-state index in [0.717, 1.165) is 104 Å². The standard InChI is InChI=1S/C50H38N4/c1-4-15-36(16-5-1)46-33-47(37-17-6-2-7-18-37)53-50(52-46)44-31-39(32-48-49(44)43-22-12-13-23-45(43)51-48)35-24-27-41(28-25-35)54(40-20-8-3-9-21-40)42-29-26-34-14-10-11-19-38(34)30-42/h1,3-6,8-10,12-18,20-33,51H,2,7,11,19H2. The monoisotopic (exact) mass is 694 g/mol. The third-order valence-corrected chi connectivity index (χ3v) is 10.7. The fourth-order valence-electron chi connectivity index (χ4n) is 7.99. The fraction of sp³-hybridized carbons (Fsp3) is 0.0800. The Kier molecular flexibility index (Phi) is 8.07. The summed E-state index contributed by atoms with van der Waals surface area (Å²) in [6.45, 7) is 0. The van der Waals surface area contributed by atoms with Crippen LogP contribution in [0.4, 0.5) is 17.1 Å². The molecule has 258 valence electrons. The smallest absolute Gasteiger partial charge is 0.161 e. The molecule has 2 aliphatic carbocycles. The van der Waals surface area contributed by atoms with E-state index in [4.69, 9.17) is 9.97 Å². The quantitative estimate of drug-likeness (QED) is 0.181. The molecule has 0 saturated heterocycles. The highest BCUT2D eigenvalue weighted by Gasteiger charge is 2.20. The van der Waals surface area contributed by atoms with Crippen LogP contribution in [-0.4, -0.2) is 15.0 Å². The zero-order valence-corrected chi connectivity index (χ0v) is 29.9. The lowest BCUT2D eigenvalue weighted by Gasteiger charge is -2.27. The van der Waals surface area contributed by atoms with Crippen LogP contribution in [0.25, 0.3) is 67.2 Å². The molecular weight excluding hydrogens is 657 g/mol. The predicted molar refractivity (Wildman–Crippen MR) is 226 cm³/mol. The Balaban J connectivity index is 1.12. The van der Waals surface area contributed by atoms with Gasteiger partial charge in [0.1, 0.15) is 0 Å². The van der Waals surface area contributed by atoms with Gasteiger partial charge in [0.25, 0.3) is 0 Å². The Morgan fingerprint density at radius 1 is 0.519 bits per heavy atom. The average molecular weight is 695 g/mol. The lowest BCUT2D eigenvalue weighted by Crippen LogP contribution is -2.10. The summed E-state index contributed by atoms with van der Waals surface area (Å²) in [7, 11) is 0. The van der Waals surface area contributed by atoms with Crippen molar-refractivity contribution in [2.24, 2.45) is 0 Å². The molecule has 0 bridgehead atoms. The lowest BCUT2D eigenvalue weighted by molar-refractivity contribution is 0.984. The molecule has 2 aromatic heterocycles. The van der Waals surface area contributed by atoms with Crippen molar-refractivity contribution in [3.05, 3.63) is 187 Å². The zero-order chi connectivity index (χ0) is 35.8. The molecule has 0 fully saturated rings. The number of aromatic nitrogens is 3. The number of rotatable bonds is 7. The van der Waals surface area contributed by atoms with Crippen molar-refractivity contribution in [1.29, 1.82) is 0 Å². The van der Waals surface area contributed by atoms with Crippen molar-refractivity contribution in [2.75, 3.05) is 4.90 Å². The summed E-state index contributed by atoms with van der Waals surface area (Å²) in [6.07, 6.45) is 15.5. The van der Waals surface area contributed by atoms with E-state index in [1.807, 2.05) is 6.07 Å². The number of nitrogens with zero attached hydrogens (tertiary/aromatic N) is 3. The van der Waals surface area contributed by atoms with Gasteiger partial charge in [0.05, 0.1) is 11.4 Å². The first-order valence-electron chi connectivity index (χ1n) is 18.9. The molecule has 0 atom stereocenters. The third-order valence-electron chi connectivity index (χ3n) is 10.7. The number of anilines is 3. The maximum absolute atomic E-state index is 5.30. The molecule has 0 radical (unpaired) electrons. The van der Waals surface area contributed by atoms with Crippen LogP contribution in [0, 0.1) is 0 Å². The summed E-state index contributed by atoms with van der Waals surface area (Å²) < 4.78 is 0. The van der Waals surface area contributed by atoms with Gasteiger partial charge in [-0.25, -0.2) is 9.97 Å². The van der Waals surface area contributed by atoms with Gasteiger partial charge in [-0.15, -0.1) is 0 Å². The minimum absolute atomic E-state index is 0.719. The van der Waals surface area contributed by atoms with Crippen LogP contribution in [0.15, 0.2) is 170 Å². The molecule has 0 amide bonds. The van der Waals surface area contributed by atoms with Crippen LogP contribution in [-0.2, 0) is 6.42 Å². The van der Waals surface area contributed by atoms with Crippen molar-refractivity contribution < 1.29 is 0 Å². The summed E-state index contributed by atoms with van der Waals surface area (Å²) in [6, 6.07) is 52.1. The Hall–Kier alpha value is -6.78. The molecule has 0 spiro atoms. The van der Waals surface area contributed by atoms with Crippen LogP contribution in [0.3, 0.4) is 0 Å². The molecule has 2 heterocycles. The molecule has 0 unspecified atom stereocenters. The number of para-hydroxylation sites is 2. The van der Waals surface area contributed by atoms with Gasteiger partial charge in [0.15, 0.2) is 5.82 Å². The highest BCUT2D eigenvalue weighted by molar-refractivity contribution is 6.15. The molecule has 4 heteroatoms. The largest absolute Gasteiger partial charge is 0.354 e. The first-order valence-corrected chi connectivity index (χ1v) is 18.9. The average Bonchev–Trinajstić information content (AvgIpc) is 3.63. The Morgan fingerprint density at radius 2 is 1.26 bits per heavy atom. The van der Waals surface area contributed by atoms with Gasteiger partial charge in [-0.05, 0) is 114 Å². The number of nitrogens with one attached hydrogen (secondary N) is 1. The van der Waals surface area contributed by atoms with E-state index in [1.165, 1.54) is 16.8 Å². The molecule has 4 nitrogen and oxygen atoms in total. The van der Waals surface area contributed by atoms with E-state index < -0.39 is 0 Å². The number of aryl methyl sites for hydroxylation is 1. The number of hydrogen-bond acceptors (Lipinski definition) is 3. The lowest BCUT2D eigenvalue weighted by atomic mass is 9.96. The second-order valence-electron chi connectivity index (χ2n) is 14.1. The summed E-state index contributed by atoms with van der Waals surface area (Å²) >= 11 is 0. The maximum Gasteiger partial charge on any atom is 0.161 e. The predicted octanol–water partition coefficient (Wildman–Crippen LogP) is 13.3. The second kappa shape index (κ2) is 13.6. The van der Waals surface area contributed by atoms with Gasteiger partial charge in [0, 0.05) is 50.0 Å². The van der Waals surface area contributed by atoms with Gasteiger partial charge in [-0.3, -0.25) is 0 Å². The normalized spacial score (nSPS) is 13.6. The van der Waals surface area contributed by atoms with Gasteiger partial charge < -0.3 is 9.88 Å². The third kappa shape index (κ3) is 5.92. The van der Waals surface area contributed by atoms with Crippen LogP contribution >= 0.6 is 0 Å². The van der Waals surface area contributed by atoms with E-state index in [0.29, 0.717) is 0 Å². The van der Waals surface area contributed by atoms with Crippen molar-refractivity contribution in [1.82, 2.24) is 15.0 Å². The van der Waals surface area contributed by atoms with E-state index in [1.54, 1.807) is 0 Å². The van der Waals surface area contributed by atoms with Crippen LogP contribution < -0.4 is 4.90 Å². The molecule has 0 aliphatic heterocycles. The molecule has 8 aromatic rings. The van der Waals surface area contributed by atoms with E-state index in [9.17, 15) is 0 Å². The van der Waals surface area contributed by atoms with Crippen molar-refractivity contribution in [3.8, 4) is 33.8 Å². The van der Waals surface area contributed by atoms with Crippen LogP contribution in [0.1, 0.15) is 36.1 Å². The molecule has 0 saturated carbocycles. The molecule has 10 rings (SSSR count). The maximum atomic E-state index is 5.30. The Morgan fingerprint density at radius 3 is 2.09 bits per heavy atom. The molecule has 2 aliphatic rings. The number of benzene rings is 6. The minimum Gasteiger partial charge on any atom is -0.354 e. The number of allylic oxidation sites excluding steroid dienone is 5. The number of hydrogen-bond donors (Lipinski definition) is 1. The first-order chi connectivity index (χ1) is 26.7. The van der Waals surface area contributed by atoms with Gasteiger partial charge in [-0.1, -0.05) is 115 Å². The van der Waals surface area contributed by atoms with Gasteiger partial charge in [-0.2, -0.15) is 0 Å². The van der Waals surface area contributed by atoms with E-state index in [2.05, 4.69) is 180 Å². The fourth-order valence-corrected chi connectivity index (χ4v) is 7.99. The number of fused-ring (bicyclic) bond motifs is 4. The van der Waals surface area contributed by atoms with Gasteiger partial charge >= 0.3 is 0 Å². The zero-order valence-electron chi connectivity index (χ0n) is 29.9. The Labute approximate surface area is 315 Å². The van der Waals surface area contributed by atoms with Gasteiger partial charge in [0.2, 0.25) is 0 Å². The molecule has 6 aromatic carbocycles. The highest BCUT2D eigenvalue weighted by atomic mass is 15.1. The topological polar surface area (TPSA) is 44.8 Å². The second-order valence-corrected chi connectivity index (χ2v) is 14.1. The number of aromatic amines is 1. The van der Waals surface area contributed by atoms with Crippen LogP contribution in [0.5, 0.6) is 0 Å². The van der Waals surface area contributed by atoms with Crippen molar-refractivity contribution in [2.45, 2.75) is 25.7 Å².